The molecule has 1 heterocycles. The molecule has 4 heteroatoms. The van der Waals surface area contributed by atoms with Crippen molar-refractivity contribution in [2.45, 2.75) is 6.92 Å². The number of hydroxylamine groups is 1. The average Bonchev–Trinajstić information content (AvgIpc) is 2.09. The van der Waals surface area contributed by atoms with Crippen LogP contribution in [-0.4, -0.2) is 13.1 Å². The number of carbonyl (C=O) groups is 1. The summed E-state index contributed by atoms with van der Waals surface area (Å²) >= 11 is 0. The van der Waals surface area contributed by atoms with Crippen LogP contribution in [0.3, 0.4) is 0 Å². The zero-order valence-electron chi connectivity index (χ0n) is 6.53. The van der Waals surface area contributed by atoms with Gasteiger partial charge in [0.2, 0.25) is 0 Å². The molecule has 0 spiro atoms. The Kier molecular flexibility index (Phi) is 5.79. The van der Waals surface area contributed by atoms with Crippen LogP contribution in [0, 0.1) is 0 Å². The summed E-state index contributed by atoms with van der Waals surface area (Å²) in [5.74, 6) is -0.245. The van der Waals surface area contributed by atoms with Crippen molar-refractivity contribution in [3.8, 4) is 0 Å². The first kappa shape index (κ1) is 9.55. The zero-order valence-corrected chi connectivity index (χ0v) is 6.53. The predicted octanol–water partition coefficient (Wildman–Crippen LogP) is 0.728. The number of methoxy groups -OCH3 is 1. The average molecular weight is 157 g/mol. The van der Waals surface area contributed by atoms with Crippen LogP contribution in [0.1, 0.15) is 6.92 Å². The van der Waals surface area contributed by atoms with Gasteiger partial charge >= 0.3 is 5.97 Å². The fourth-order valence-corrected chi connectivity index (χ4v) is 0.258. The van der Waals surface area contributed by atoms with E-state index in [0.29, 0.717) is 0 Å². The lowest BCUT2D eigenvalue weighted by molar-refractivity contribution is -0.137. The van der Waals surface area contributed by atoms with E-state index in [9.17, 15) is 4.79 Å². The third-order valence-corrected chi connectivity index (χ3v) is 0.777. The third kappa shape index (κ3) is 8.55. The van der Waals surface area contributed by atoms with Crippen LogP contribution < -0.4 is 5.48 Å². The molecule has 11 heavy (non-hydrogen) atoms. The second-order valence-corrected chi connectivity index (χ2v) is 1.62. The van der Waals surface area contributed by atoms with Crippen molar-refractivity contribution in [2.75, 3.05) is 7.11 Å². The predicted molar refractivity (Wildman–Crippen MR) is 40.2 cm³/mol. The number of hydrogen-bond acceptors (Lipinski definition) is 4. The van der Waals surface area contributed by atoms with Gasteiger partial charge in [-0.3, -0.25) is 4.79 Å². The van der Waals surface area contributed by atoms with Crippen molar-refractivity contribution >= 4 is 5.97 Å². The third-order valence-electron chi connectivity index (χ3n) is 0.777. The fourth-order valence-electron chi connectivity index (χ4n) is 0.258. The van der Waals surface area contributed by atoms with Crippen LogP contribution in [0.2, 0.25) is 0 Å². The number of esters is 1. The number of nitrogens with one attached hydrogen (secondary N) is 1. The van der Waals surface area contributed by atoms with Crippen molar-refractivity contribution in [3.63, 3.8) is 0 Å². The molecule has 0 saturated carbocycles. The Labute approximate surface area is 65.4 Å². The number of ether oxygens (including phenoxy) is 1. The summed E-state index contributed by atoms with van der Waals surface area (Å²) in [6.45, 7) is 1.36. The van der Waals surface area contributed by atoms with Crippen LogP contribution in [-0.2, 0) is 14.4 Å². The van der Waals surface area contributed by atoms with E-state index < -0.39 is 0 Å². The van der Waals surface area contributed by atoms with Gasteiger partial charge in [-0.15, -0.1) is 0 Å². The van der Waals surface area contributed by atoms with Crippen LogP contribution >= 0.6 is 0 Å². The highest BCUT2D eigenvalue weighted by Gasteiger charge is 1.75. The summed E-state index contributed by atoms with van der Waals surface area (Å²) in [5, 5.41) is 0. The molecule has 0 amide bonds. The topological polar surface area (TPSA) is 47.6 Å². The molecule has 0 saturated heterocycles. The van der Waals surface area contributed by atoms with Crippen LogP contribution in [0.4, 0.5) is 0 Å². The van der Waals surface area contributed by atoms with Gasteiger partial charge in [-0.1, -0.05) is 0 Å². The highest BCUT2D eigenvalue weighted by molar-refractivity contribution is 5.65. The SMILES string of the molecule is C1=CNOC=C1.COC(C)=O. The van der Waals surface area contributed by atoms with Gasteiger partial charge in [-0.2, -0.15) is 0 Å². The Morgan fingerprint density at radius 2 is 2.18 bits per heavy atom. The first-order chi connectivity index (χ1) is 5.27. The molecule has 4 nitrogen and oxygen atoms in total. The molecule has 1 aliphatic heterocycles. The molecule has 1 N–H and O–H groups in total. The van der Waals surface area contributed by atoms with Gasteiger partial charge in [0, 0.05) is 13.1 Å². The minimum Gasteiger partial charge on any atom is -0.469 e. The van der Waals surface area contributed by atoms with Gasteiger partial charge < -0.3 is 9.57 Å². The molecule has 1 aliphatic rings. The molecular weight excluding hydrogens is 146 g/mol. The molecule has 0 aliphatic carbocycles. The molecule has 62 valence electrons. The lowest BCUT2D eigenvalue weighted by Crippen LogP contribution is -2.01. The largest absolute Gasteiger partial charge is 0.469 e. The molecule has 0 fully saturated rings. The van der Waals surface area contributed by atoms with Crippen LogP contribution in [0.25, 0.3) is 0 Å². The lowest BCUT2D eigenvalue weighted by Gasteiger charge is -1.97. The van der Waals surface area contributed by atoms with E-state index in [1.54, 1.807) is 18.5 Å². The normalized spacial score (nSPS) is 11.8. The minimum absolute atomic E-state index is 0.245. The van der Waals surface area contributed by atoms with Crippen molar-refractivity contribution in [1.29, 1.82) is 0 Å². The van der Waals surface area contributed by atoms with Gasteiger partial charge in [-0.25, -0.2) is 5.48 Å². The number of hydrogen-bond donors (Lipinski definition) is 1. The van der Waals surface area contributed by atoms with Gasteiger partial charge in [0.1, 0.15) is 6.26 Å². The summed E-state index contributed by atoms with van der Waals surface area (Å²) in [7, 11) is 1.35. The summed E-state index contributed by atoms with van der Waals surface area (Å²) in [5.41, 5.74) is 2.52. The lowest BCUT2D eigenvalue weighted by atomic mass is 10.6. The summed E-state index contributed by atoms with van der Waals surface area (Å²) < 4.78 is 4.11. The Balaban J connectivity index is 0.000000187. The maximum atomic E-state index is 9.59. The first-order valence-electron chi connectivity index (χ1n) is 3.04. The molecule has 0 atom stereocenters. The van der Waals surface area contributed by atoms with Crippen molar-refractivity contribution in [1.82, 2.24) is 5.48 Å². The molecule has 0 aromatic rings. The fraction of sp³-hybridized carbons (Fsp3) is 0.286. The van der Waals surface area contributed by atoms with E-state index in [2.05, 4.69) is 15.1 Å². The number of carbonyl (C=O) groups excluding carboxylic acids is 1. The number of rotatable bonds is 0. The highest BCUT2D eigenvalue weighted by Crippen LogP contribution is 1.80. The minimum atomic E-state index is -0.245. The Bertz CT molecular complexity index is 151. The van der Waals surface area contributed by atoms with E-state index in [-0.39, 0.29) is 5.97 Å². The summed E-state index contributed by atoms with van der Waals surface area (Å²) in [6.07, 6.45) is 6.93. The van der Waals surface area contributed by atoms with Crippen LogP contribution in [0.15, 0.2) is 24.6 Å². The molecule has 0 aromatic heterocycles. The second-order valence-electron chi connectivity index (χ2n) is 1.62. The van der Waals surface area contributed by atoms with Gasteiger partial charge in [0.15, 0.2) is 0 Å². The Morgan fingerprint density at radius 1 is 1.55 bits per heavy atom. The van der Waals surface area contributed by atoms with Crippen molar-refractivity contribution < 1.29 is 14.4 Å². The van der Waals surface area contributed by atoms with E-state index in [1.807, 2.05) is 6.08 Å². The molecule has 0 bridgehead atoms. The molecule has 0 aromatic carbocycles. The quantitative estimate of drug-likeness (QED) is 0.526. The van der Waals surface area contributed by atoms with Gasteiger partial charge in [0.25, 0.3) is 0 Å². The standard InChI is InChI=1S/C4H5NO.C3H6O2/c1-2-4-6-5-3-1;1-3(4)5-2/h1-5H;1-2H3. The van der Waals surface area contributed by atoms with Crippen molar-refractivity contribution in [2.24, 2.45) is 0 Å². The Hall–Kier alpha value is -1.45. The molecule has 1 rings (SSSR count). The maximum Gasteiger partial charge on any atom is 0.302 e. The highest BCUT2D eigenvalue weighted by atomic mass is 16.6. The van der Waals surface area contributed by atoms with E-state index in [0.717, 1.165) is 0 Å². The van der Waals surface area contributed by atoms with Crippen LogP contribution in [0.5, 0.6) is 0 Å². The maximum absolute atomic E-state index is 9.59. The van der Waals surface area contributed by atoms with E-state index >= 15 is 0 Å². The summed E-state index contributed by atoms with van der Waals surface area (Å²) in [6, 6.07) is 0. The molecule has 0 unspecified atom stereocenters. The zero-order chi connectivity index (χ0) is 8.53. The van der Waals surface area contributed by atoms with Gasteiger partial charge in [0.05, 0.1) is 7.11 Å². The smallest absolute Gasteiger partial charge is 0.302 e. The first-order valence-corrected chi connectivity index (χ1v) is 3.04. The van der Waals surface area contributed by atoms with Gasteiger partial charge in [-0.05, 0) is 12.2 Å². The monoisotopic (exact) mass is 157 g/mol. The number of allylic oxidation sites excluding steroid dienone is 2. The summed E-state index contributed by atoms with van der Waals surface area (Å²) in [4.78, 5) is 14.1. The van der Waals surface area contributed by atoms with E-state index in [4.69, 9.17) is 0 Å². The Morgan fingerprint density at radius 3 is 2.27 bits per heavy atom. The second kappa shape index (κ2) is 6.67. The van der Waals surface area contributed by atoms with E-state index in [1.165, 1.54) is 14.0 Å². The van der Waals surface area contributed by atoms with Crippen molar-refractivity contribution in [3.05, 3.63) is 24.6 Å². The molecule has 0 radical (unpaired) electrons. The molecular formula is C7H11NO3.